The molecule has 0 aliphatic rings. The number of hydrogen-bond acceptors (Lipinski definition) is 3. The minimum atomic E-state index is 0.668. The molecule has 0 unspecified atom stereocenters. The number of fused-ring (bicyclic) bond motifs is 14. The molecule has 57 heavy (non-hydrogen) atoms. The van der Waals surface area contributed by atoms with Crippen LogP contribution in [0.25, 0.3) is 119 Å². The van der Waals surface area contributed by atoms with Crippen molar-refractivity contribution in [1.82, 2.24) is 19.1 Å². The number of thiophene rings is 1. The zero-order valence-electron chi connectivity index (χ0n) is 30.5. The zero-order valence-corrected chi connectivity index (χ0v) is 31.3. The van der Waals surface area contributed by atoms with E-state index in [0.717, 1.165) is 32.5 Å². The molecule has 0 aliphatic heterocycles. The molecular formula is C52H30N4S. The van der Waals surface area contributed by atoms with Crippen LogP contribution in [0.2, 0.25) is 0 Å². The van der Waals surface area contributed by atoms with Crippen LogP contribution < -0.4 is 0 Å². The van der Waals surface area contributed by atoms with Gasteiger partial charge in [0, 0.05) is 48.0 Å². The van der Waals surface area contributed by atoms with Crippen LogP contribution in [0.15, 0.2) is 182 Å². The van der Waals surface area contributed by atoms with Crippen molar-refractivity contribution in [2.24, 2.45) is 0 Å². The molecular weight excluding hydrogens is 713 g/mol. The molecule has 13 aromatic rings. The van der Waals surface area contributed by atoms with Crippen molar-refractivity contribution in [3.8, 4) is 22.9 Å². The maximum absolute atomic E-state index is 5.57. The molecule has 4 heterocycles. The van der Waals surface area contributed by atoms with E-state index >= 15 is 0 Å². The number of rotatable bonds is 3. The lowest BCUT2D eigenvalue weighted by atomic mass is 10.00. The molecule has 0 bridgehead atoms. The van der Waals surface area contributed by atoms with Gasteiger partial charge in [-0.15, -0.1) is 11.3 Å². The van der Waals surface area contributed by atoms with Gasteiger partial charge in [-0.1, -0.05) is 146 Å². The van der Waals surface area contributed by atoms with E-state index < -0.39 is 0 Å². The third-order valence-corrected chi connectivity index (χ3v) is 13.0. The maximum atomic E-state index is 5.57. The Balaban J connectivity index is 1.18. The fraction of sp³-hybridized carbons (Fsp3) is 0. The lowest BCUT2D eigenvalue weighted by Gasteiger charge is -2.15. The molecule has 4 nitrogen and oxygen atoms in total. The molecule has 0 N–H and O–H groups in total. The topological polar surface area (TPSA) is 35.6 Å². The van der Waals surface area contributed by atoms with E-state index in [1.54, 1.807) is 11.3 Å². The average Bonchev–Trinajstić information content (AvgIpc) is 3.93. The molecule has 0 amide bonds. The molecule has 0 fully saturated rings. The summed E-state index contributed by atoms with van der Waals surface area (Å²) in [7, 11) is 0. The van der Waals surface area contributed by atoms with Gasteiger partial charge in [-0.2, -0.15) is 0 Å². The summed E-state index contributed by atoms with van der Waals surface area (Å²) < 4.78 is 6.01. The molecule has 0 spiro atoms. The Labute approximate surface area is 330 Å². The van der Waals surface area contributed by atoms with Crippen LogP contribution in [0, 0.1) is 0 Å². The van der Waals surface area contributed by atoms with E-state index in [0.29, 0.717) is 5.95 Å². The number of para-hydroxylation sites is 2. The first-order valence-electron chi connectivity index (χ1n) is 19.3. The fourth-order valence-electron chi connectivity index (χ4n) is 9.45. The predicted molar refractivity (Wildman–Crippen MR) is 242 cm³/mol. The van der Waals surface area contributed by atoms with Crippen molar-refractivity contribution in [2.45, 2.75) is 0 Å². The second-order valence-corrected chi connectivity index (χ2v) is 16.0. The number of nitrogens with zero attached hydrogens (tertiary/aromatic N) is 4. The molecule has 13 rings (SSSR count). The Morgan fingerprint density at radius 3 is 1.88 bits per heavy atom. The number of hydrogen-bond donors (Lipinski definition) is 0. The molecule has 9 aromatic carbocycles. The van der Waals surface area contributed by atoms with E-state index in [2.05, 4.69) is 191 Å². The first-order chi connectivity index (χ1) is 28.3. The van der Waals surface area contributed by atoms with E-state index in [9.17, 15) is 0 Å². The second kappa shape index (κ2) is 11.6. The highest BCUT2D eigenvalue weighted by Crippen LogP contribution is 2.45. The van der Waals surface area contributed by atoms with Gasteiger partial charge in [0.25, 0.3) is 0 Å². The summed E-state index contributed by atoms with van der Waals surface area (Å²) in [6.45, 7) is 0. The predicted octanol–water partition coefficient (Wildman–Crippen LogP) is 14.2. The zero-order chi connectivity index (χ0) is 37.2. The largest absolute Gasteiger partial charge is 0.308 e. The van der Waals surface area contributed by atoms with Crippen LogP contribution >= 0.6 is 11.3 Å². The summed E-state index contributed by atoms with van der Waals surface area (Å²) in [5, 5.41) is 14.4. The van der Waals surface area contributed by atoms with Crippen molar-refractivity contribution in [2.75, 3.05) is 0 Å². The highest BCUT2D eigenvalue weighted by atomic mass is 32.1. The lowest BCUT2D eigenvalue weighted by molar-refractivity contribution is 1.02. The normalized spacial score (nSPS) is 12.2. The van der Waals surface area contributed by atoms with Crippen molar-refractivity contribution in [3.05, 3.63) is 182 Å². The van der Waals surface area contributed by atoms with E-state index in [1.165, 1.54) is 80.7 Å². The first kappa shape index (κ1) is 30.9. The SMILES string of the molecule is c1ccc2cc(-c3nc(-n4c5ccccc5c5c4ccc4c6ccccc6n(-c6cc7ccccc7c7ccccc67)c45)nc4sc5ccccc5c34)ccc2c1. The maximum Gasteiger partial charge on any atom is 0.236 e. The third-order valence-electron chi connectivity index (χ3n) is 11.9. The first-order valence-corrected chi connectivity index (χ1v) is 20.2. The molecule has 0 saturated heterocycles. The fourth-order valence-corrected chi connectivity index (χ4v) is 10.5. The van der Waals surface area contributed by atoms with E-state index in [-0.39, 0.29) is 0 Å². The van der Waals surface area contributed by atoms with Crippen LogP contribution in [-0.2, 0) is 0 Å². The van der Waals surface area contributed by atoms with Gasteiger partial charge < -0.3 is 4.57 Å². The Hall–Kier alpha value is -7.34. The van der Waals surface area contributed by atoms with Crippen molar-refractivity contribution in [3.63, 3.8) is 0 Å². The van der Waals surface area contributed by atoms with E-state index in [4.69, 9.17) is 9.97 Å². The highest BCUT2D eigenvalue weighted by molar-refractivity contribution is 7.25. The van der Waals surface area contributed by atoms with E-state index in [1.807, 2.05) is 0 Å². The Kier molecular flexibility index (Phi) is 6.29. The summed E-state index contributed by atoms with van der Waals surface area (Å²) in [5.74, 6) is 0.668. The highest BCUT2D eigenvalue weighted by Gasteiger charge is 2.24. The van der Waals surface area contributed by atoms with Gasteiger partial charge in [-0.25, -0.2) is 9.97 Å². The van der Waals surface area contributed by atoms with Crippen molar-refractivity contribution < 1.29 is 0 Å². The van der Waals surface area contributed by atoms with Gasteiger partial charge in [0.05, 0.1) is 33.4 Å². The molecule has 4 aromatic heterocycles. The van der Waals surface area contributed by atoms with Gasteiger partial charge in [-0.3, -0.25) is 4.57 Å². The minimum Gasteiger partial charge on any atom is -0.308 e. The van der Waals surface area contributed by atoms with Crippen molar-refractivity contribution in [1.29, 1.82) is 0 Å². The van der Waals surface area contributed by atoms with Crippen LogP contribution in [-0.4, -0.2) is 19.1 Å². The summed E-state index contributed by atoms with van der Waals surface area (Å²) in [5.41, 5.74) is 7.70. The molecule has 264 valence electrons. The van der Waals surface area contributed by atoms with Crippen LogP contribution in [0.1, 0.15) is 0 Å². The molecule has 0 aliphatic carbocycles. The second-order valence-electron chi connectivity index (χ2n) is 14.9. The van der Waals surface area contributed by atoms with Crippen molar-refractivity contribution >= 4 is 108 Å². The van der Waals surface area contributed by atoms with Gasteiger partial charge in [0.15, 0.2) is 0 Å². The van der Waals surface area contributed by atoms with Crippen LogP contribution in [0.5, 0.6) is 0 Å². The Morgan fingerprint density at radius 2 is 1.04 bits per heavy atom. The molecule has 0 saturated carbocycles. The monoisotopic (exact) mass is 742 g/mol. The summed E-state index contributed by atoms with van der Waals surface area (Å²) in [4.78, 5) is 12.0. The molecule has 0 radical (unpaired) electrons. The number of aromatic nitrogens is 4. The standard InChI is InChI=1S/C52H30N4S/c1-2-14-32-29-34(26-25-31(32)13-1)49-48-41-21-9-12-24-46(41)57-51(48)54-52(53-49)56-43-23-11-8-20-40(43)47-44(56)28-27-39-38-19-7-10-22-42(38)55(50(39)47)45-30-33-15-3-4-16-35(33)36-17-5-6-18-37(36)45/h1-30H. The van der Waals surface area contributed by atoms with Gasteiger partial charge in [0.1, 0.15) is 4.83 Å². The van der Waals surface area contributed by atoms with Gasteiger partial charge in [-0.05, 0) is 63.3 Å². The quantitative estimate of drug-likeness (QED) is 0.169. The summed E-state index contributed by atoms with van der Waals surface area (Å²) in [6, 6.07) is 66.0. The number of benzene rings is 9. The third kappa shape index (κ3) is 4.32. The summed E-state index contributed by atoms with van der Waals surface area (Å²) >= 11 is 1.73. The minimum absolute atomic E-state index is 0.668. The Bertz CT molecular complexity index is 3830. The summed E-state index contributed by atoms with van der Waals surface area (Å²) in [6.07, 6.45) is 0. The van der Waals surface area contributed by atoms with Gasteiger partial charge in [0.2, 0.25) is 5.95 Å². The lowest BCUT2D eigenvalue weighted by Crippen LogP contribution is -2.02. The Morgan fingerprint density at radius 1 is 0.386 bits per heavy atom. The average molecular weight is 743 g/mol. The smallest absolute Gasteiger partial charge is 0.236 e. The van der Waals surface area contributed by atoms with Crippen LogP contribution in [0.4, 0.5) is 0 Å². The molecule has 0 atom stereocenters. The molecule has 5 heteroatoms. The van der Waals surface area contributed by atoms with Crippen LogP contribution in [0.3, 0.4) is 0 Å². The van der Waals surface area contributed by atoms with Gasteiger partial charge >= 0.3 is 0 Å².